The maximum Gasteiger partial charge on any atom is 0.197 e. The average Bonchev–Trinajstić information content (AvgIpc) is 2.64. The van der Waals surface area contributed by atoms with Crippen LogP contribution in [0.5, 0.6) is 0 Å². The number of hydrogen-bond acceptors (Lipinski definition) is 0. The minimum absolute atomic E-state index is 0.00565. The van der Waals surface area contributed by atoms with E-state index in [2.05, 4.69) is 0 Å². The van der Waals surface area contributed by atoms with Crippen LogP contribution in [-0.4, -0.2) is 0 Å². The summed E-state index contributed by atoms with van der Waals surface area (Å²) in [5, 5.41) is 0. The van der Waals surface area contributed by atoms with Crippen molar-refractivity contribution < 1.29 is 17.6 Å². The monoisotopic (exact) mass is 241 g/mol. The molecule has 0 radical (unpaired) electrons. The number of allylic oxidation sites excluding steroid dienone is 2. The normalized spacial score (nSPS) is 25.4. The van der Waals surface area contributed by atoms with Crippen LogP contribution >= 0.6 is 0 Å². The lowest BCUT2D eigenvalue weighted by molar-refractivity contribution is 0.401. The number of rotatable bonds is 0. The van der Waals surface area contributed by atoms with Crippen molar-refractivity contribution in [3.8, 4) is 0 Å². The molecule has 88 valence electrons. The first-order valence-electron chi connectivity index (χ1n) is 5.39. The highest BCUT2D eigenvalue weighted by atomic mass is 19.2. The van der Waals surface area contributed by atoms with Gasteiger partial charge in [0.15, 0.2) is 23.3 Å². The minimum Gasteiger partial charge on any atom is -0.203 e. The summed E-state index contributed by atoms with van der Waals surface area (Å²) in [6, 6.07) is 0. The predicted octanol–water partition coefficient (Wildman–Crippen LogP) is 3.98. The Bertz CT molecular complexity index is 545. The summed E-state index contributed by atoms with van der Waals surface area (Å²) < 4.78 is 53.8. The van der Waals surface area contributed by atoms with Crippen LogP contribution in [0.25, 0.3) is 0 Å². The SMILES string of the molecule is CC1=C[CH+][C@H]2C[C@@H]1c1c(F)c(F)c(F)c(F)c12. The van der Waals surface area contributed by atoms with Gasteiger partial charge in [0.05, 0.1) is 23.5 Å². The maximum atomic E-state index is 13.7. The van der Waals surface area contributed by atoms with Gasteiger partial charge < -0.3 is 0 Å². The summed E-state index contributed by atoms with van der Waals surface area (Å²) in [5.41, 5.74) is 0.831. The molecule has 0 fully saturated rings. The van der Waals surface area contributed by atoms with Crippen molar-refractivity contribution in [2.45, 2.75) is 25.2 Å². The van der Waals surface area contributed by atoms with E-state index in [1.54, 1.807) is 19.4 Å². The lowest BCUT2D eigenvalue weighted by Crippen LogP contribution is -2.06. The molecule has 0 saturated heterocycles. The number of fused-ring (bicyclic) bond motifs is 5. The van der Waals surface area contributed by atoms with Crippen LogP contribution in [0.15, 0.2) is 11.6 Å². The van der Waals surface area contributed by atoms with Gasteiger partial charge in [-0.2, -0.15) is 0 Å². The highest BCUT2D eigenvalue weighted by Crippen LogP contribution is 2.52. The summed E-state index contributed by atoms with van der Waals surface area (Å²) in [4.78, 5) is 0. The molecule has 0 saturated carbocycles. The van der Waals surface area contributed by atoms with Crippen molar-refractivity contribution >= 4 is 0 Å². The van der Waals surface area contributed by atoms with E-state index in [0.29, 0.717) is 6.42 Å². The minimum atomic E-state index is -1.71. The van der Waals surface area contributed by atoms with Crippen molar-refractivity contribution in [3.63, 3.8) is 0 Å². The first-order chi connectivity index (χ1) is 8.02. The lowest BCUT2D eigenvalue weighted by atomic mass is 9.87. The van der Waals surface area contributed by atoms with Gasteiger partial charge in [-0.15, -0.1) is 0 Å². The molecule has 0 nitrogen and oxygen atoms in total. The Morgan fingerprint density at radius 2 is 1.59 bits per heavy atom. The molecule has 0 aromatic heterocycles. The Morgan fingerprint density at radius 1 is 1.00 bits per heavy atom. The second-order valence-electron chi connectivity index (χ2n) is 4.58. The molecule has 2 bridgehead atoms. The van der Waals surface area contributed by atoms with Gasteiger partial charge in [-0.05, 0) is 0 Å². The Hall–Kier alpha value is -1.45. The van der Waals surface area contributed by atoms with Gasteiger partial charge in [-0.1, -0.05) is 0 Å². The van der Waals surface area contributed by atoms with Crippen LogP contribution in [0.1, 0.15) is 36.3 Å². The zero-order chi connectivity index (χ0) is 12.3. The van der Waals surface area contributed by atoms with E-state index in [0.717, 1.165) is 5.57 Å². The molecule has 1 aromatic carbocycles. The van der Waals surface area contributed by atoms with Crippen LogP contribution in [0.2, 0.25) is 0 Å². The zero-order valence-corrected chi connectivity index (χ0v) is 9.03. The fraction of sp³-hybridized carbons (Fsp3) is 0.308. The van der Waals surface area contributed by atoms with Gasteiger partial charge in [-0.25, -0.2) is 17.6 Å². The topological polar surface area (TPSA) is 0 Å². The quantitative estimate of drug-likeness (QED) is 0.279. The lowest BCUT2D eigenvalue weighted by Gasteiger charge is -2.10. The van der Waals surface area contributed by atoms with Crippen LogP contribution in [-0.2, 0) is 0 Å². The fourth-order valence-electron chi connectivity index (χ4n) is 2.83. The first-order valence-corrected chi connectivity index (χ1v) is 5.39. The molecule has 2 aliphatic carbocycles. The van der Waals surface area contributed by atoms with Crippen LogP contribution in [0.3, 0.4) is 0 Å². The predicted molar refractivity (Wildman–Crippen MR) is 54.4 cm³/mol. The number of hydrogen-bond donors (Lipinski definition) is 0. The molecule has 3 rings (SSSR count). The van der Waals surface area contributed by atoms with Crippen molar-refractivity contribution in [1.82, 2.24) is 0 Å². The third-order valence-corrected chi connectivity index (χ3v) is 3.69. The second kappa shape index (κ2) is 3.28. The van der Waals surface area contributed by atoms with Gasteiger partial charge in [0.25, 0.3) is 0 Å². The molecular formula is C13H9F4+. The molecule has 2 aliphatic rings. The van der Waals surface area contributed by atoms with E-state index >= 15 is 0 Å². The fourth-order valence-corrected chi connectivity index (χ4v) is 2.83. The van der Waals surface area contributed by atoms with E-state index in [1.807, 2.05) is 0 Å². The smallest absolute Gasteiger partial charge is 0.197 e. The van der Waals surface area contributed by atoms with Gasteiger partial charge in [0.1, 0.15) is 0 Å². The average molecular weight is 241 g/mol. The third-order valence-electron chi connectivity index (χ3n) is 3.69. The second-order valence-corrected chi connectivity index (χ2v) is 4.58. The zero-order valence-electron chi connectivity index (χ0n) is 9.03. The van der Waals surface area contributed by atoms with Crippen LogP contribution in [0, 0.1) is 29.7 Å². The molecule has 1 aromatic rings. The Labute approximate surface area is 95.9 Å². The highest BCUT2D eigenvalue weighted by Gasteiger charge is 2.46. The van der Waals surface area contributed by atoms with Gasteiger partial charge in [-0.3, -0.25) is 0 Å². The summed E-state index contributed by atoms with van der Waals surface area (Å²) >= 11 is 0. The molecular weight excluding hydrogens is 232 g/mol. The molecule has 0 aliphatic heterocycles. The van der Waals surface area contributed by atoms with Crippen molar-refractivity contribution in [3.05, 3.63) is 52.5 Å². The molecule has 0 unspecified atom stereocenters. The van der Waals surface area contributed by atoms with Crippen molar-refractivity contribution in [2.75, 3.05) is 0 Å². The van der Waals surface area contributed by atoms with E-state index < -0.39 is 23.3 Å². The van der Waals surface area contributed by atoms with Crippen molar-refractivity contribution in [1.29, 1.82) is 0 Å². The molecule has 0 heterocycles. The third kappa shape index (κ3) is 1.21. The number of halogens is 4. The number of benzene rings is 1. The Morgan fingerprint density at radius 3 is 2.24 bits per heavy atom. The summed E-state index contributed by atoms with van der Waals surface area (Å²) in [6.07, 6.45) is 3.99. The summed E-state index contributed by atoms with van der Waals surface area (Å²) in [5.74, 6) is -6.57. The molecule has 2 atom stereocenters. The van der Waals surface area contributed by atoms with Gasteiger partial charge in [0, 0.05) is 30.9 Å². The highest BCUT2D eigenvalue weighted by molar-refractivity contribution is 5.50. The van der Waals surface area contributed by atoms with E-state index in [9.17, 15) is 17.6 Å². The largest absolute Gasteiger partial charge is 0.203 e. The van der Waals surface area contributed by atoms with Gasteiger partial charge >= 0.3 is 0 Å². The molecule has 0 amide bonds. The van der Waals surface area contributed by atoms with Crippen LogP contribution in [0.4, 0.5) is 17.6 Å². The summed E-state index contributed by atoms with van der Waals surface area (Å²) in [6.45, 7) is 1.78. The van der Waals surface area contributed by atoms with E-state index in [4.69, 9.17) is 0 Å². The molecule has 0 N–H and O–H groups in total. The molecule has 0 spiro atoms. The standard InChI is InChI=1S/C13H9F4/c1-5-2-3-6-4-7(5)9-8(6)10(14)12(16)13(17)11(9)15/h2-3,6-7H,4H2,1H3/q+1/t6-,7-/m0/s1. The van der Waals surface area contributed by atoms with E-state index in [-0.39, 0.29) is 23.0 Å². The Balaban J connectivity index is 2.34. The van der Waals surface area contributed by atoms with E-state index in [1.165, 1.54) is 0 Å². The maximum absolute atomic E-state index is 13.7. The Kier molecular flexibility index (Phi) is 2.06. The van der Waals surface area contributed by atoms with Gasteiger partial charge in [0.2, 0.25) is 0 Å². The first kappa shape index (κ1) is 10.7. The van der Waals surface area contributed by atoms with Crippen LogP contribution < -0.4 is 0 Å². The molecule has 17 heavy (non-hydrogen) atoms. The summed E-state index contributed by atoms with van der Waals surface area (Å²) in [7, 11) is 0. The van der Waals surface area contributed by atoms with Crippen molar-refractivity contribution in [2.24, 2.45) is 0 Å². The molecule has 4 heteroatoms.